The van der Waals surface area contributed by atoms with Crippen molar-refractivity contribution in [3.05, 3.63) is 35.9 Å². The zero-order valence-corrected chi connectivity index (χ0v) is 13.6. The van der Waals surface area contributed by atoms with Gasteiger partial charge >= 0.3 is 6.09 Å². The third-order valence-corrected chi connectivity index (χ3v) is 3.39. The first-order valence-electron chi connectivity index (χ1n) is 7.73. The molecule has 120 valence electrons. The number of amides is 1. The summed E-state index contributed by atoms with van der Waals surface area (Å²) in [5, 5.41) is 4.17. The van der Waals surface area contributed by atoms with Crippen LogP contribution in [0.2, 0.25) is 0 Å². The molecule has 1 aliphatic heterocycles. The summed E-state index contributed by atoms with van der Waals surface area (Å²) < 4.78 is 5.16. The van der Waals surface area contributed by atoms with E-state index in [9.17, 15) is 4.79 Å². The molecular formula is C17H25N3O2. The number of benzene rings is 1. The molecule has 22 heavy (non-hydrogen) atoms. The van der Waals surface area contributed by atoms with Crippen LogP contribution in [0.15, 0.2) is 35.4 Å². The molecule has 1 amide bonds. The number of ether oxygens (including phenoxy) is 1. The molecule has 1 heterocycles. The molecule has 0 aromatic heterocycles. The van der Waals surface area contributed by atoms with E-state index in [4.69, 9.17) is 4.74 Å². The van der Waals surface area contributed by atoms with E-state index < -0.39 is 11.7 Å². The fourth-order valence-corrected chi connectivity index (χ4v) is 2.35. The highest BCUT2D eigenvalue weighted by Crippen LogP contribution is 2.12. The van der Waals surface area contributed by atoms with Crippen molar-refractivity contribution in [3.63, 3.8) is 0 Å². The molecule has 0 atom stereocenters. The fourth-order valence-electron chi connectivity index (χ4n) is 2.35. The molecule has 5 heteroatoms. The maximum Gasteiger partial charge on any atom is 0.428 e. The molecule has 0 spiro atoms. The summed E-state index contributed by atoms with van der Waals surface area (Å²) in [6, 6.07) is 10.5. The SMILES string of the molecule is CC(C)(C)OC(=O)NN=C1CCN(Cc2ccccc2)CC1. The van der Waals surface area contributed by atoms with Gasteiger partial charge in [0.05, 0.1) is 0 Å². The Morgan fingerprint density at radius 2 is 1.86 bits per heavy atom. The smallest absolute Gasteiger partial charge is 0.428 e. The maximum absolute atomic E-state index is 11.6. The van der Waals surface area contributed by atoms with Crippen molar-refractivity contribution in [2.75, 3.05) is 13.1 Å². The first-order valence-corrected chi connectivity index (χ1v) is 7.73. The van der Waals surface area contributed by atoms with Gasteiger partial charge in [-0.3, -0.25) is 4.90 Å². The zero-order chi connectivity index (χ0) is 16.0. The van der Waals surface area contributed by atoms with Gasteiger partial charge in [0, 0.05) is 38.2 Å². The van der Waals surface area contributed by atoms with Crippen molar-refractivity contribution in [2.24, 2.45) is 5.10 Å². The lowest BCUT2D eigenvalue weighted by molar-refractivity contribution is 0.0528. The molecule has 1 aromatic rings. The van der Waals surface area contributed by atoms with Crippen LogP contribution >= 0.6 is 0 Å². The van der Waals surface area contributed by atoms with Crippen LogP contribution in [0.1, 0.15) is 39.2 Å². The topological polar surface area (TPSA) is 53.9 Å². The normalized spacial score (nSPS) is 16.2. The zero-order valence-electron chi connectivity index (χ0n) is 13.6. The quantitative estimate of drug-likeness (QED) is 0.873. The number of hydrogen-bond donors (Lipinski definition) is 1. The largest absolute Gasteiger partial charge is 0.443 e. The van der Waals surface area contributed by atoms with Crippen molar-refractivity contribution in [1.29, 1.82) is 0 Å². The summed E-state index contributed by atoms with van der Waals surface area (Å²) in [5.41, 5.74) is 4.34. The molecule has 1 N–H and O–H groups in total. The lowest BCUT2D eigenvalue weighted by Crippen LogP contribution is -2.35. The van der Waals surface area contributed by atoms with Gasteiger partial charge in [-0.2, -0.15) is 5.10 Å². The molecule has 1 aromatic carbocycles. The molecule has 1 fully saturated rings. The average molecular weight is 303 g/mol. The predicted molar refractivity (Wildman–Crippen MR) is 87.8 cm³/mol. The monoisotopic (exact) mass is 303 g/mol. The molecule has 2 rings (SSSR count). The molecule has 5 nitrogen and oxygen atoms in total. The standard InChI is InChI=1S/C17H25N3O2/c1-17(2,3)22-16(21)19-18-15-9-11-20(12-10-15)13-14-7-5-4-6-8-14/h4-8H,9-13H2,1-3H3,(H,19,21). The van der Waals surface area contributed by atoms with Gasteiger partial charge in [0.1, 0.15) is 5.60 Å². The highest BCUT2D eigenvalue weighted by Gasteiger charge is 2.18. The van der Waals surface area contributed by atoms with Gasteiger partial charge in [0.25, 0.3) is 0 Å². The summed E-state index contributed by atoms with van der Waals surface area (Å²) in [5.74, 6) is 0. The van der Waals surface area contributed by atoms with Crippen molar-refractivity contribution in [2.45, 2.75) is 45.8 Å². The van der Waals surface area contributed by atoms with Crippen LogP contribution in [-0.4, -0.2) is 35.4 Å². The number of likely N-dealkylation sites (tertiary alicyclic amines) is 1. The molecule has 0 unspecified atom stereocenters. The van der Waals surface area contributed by atoms with E-state index in [0.717, 1.165) is 38.2 Å². The second-order valence-electron chi connectivity index (χ2n) is 6.55. The summed E-state index contributed by atoms with van der Waals surface area (Å²) >= 11 is 0. The number of nitrogens with one attached hydrogen (secondary N) is 1. The lowest BCUT2D eigenvalue weighted by Gasteiger charge is -2.27. The van der Waals surface area contributed by atoms with E-state index in [1.807, 2.05) is 26.8 Å². The van der Waals surface area contributed by atoms with Crippen LogP contribution < -0.4 is 5.43 Å². The third-order valence-electron chi connectivity index (χ3n) is 3.39. The second-order valence-corrected chi connectivity index (χ2v) is 6.55. The molecular weight excluding hydrogens is 278 g/mol. The number of hydrazone groups is 1. The van der Waals surface area contributed by atoms with Gasteiger partial charge in [-0.25, -0.2) is 10.2 Å². The Morgan fingerprint density at radius 3 is 2.45 bits per heavy atom. The Labute approximate surface area is 132 Å². The average Bonchev–Trinajstić information content (AvgIpc) is 2.46. The predicted octanol–water partition coefficient (Wildman–Crippen LogP) is 3.16. The first-order chi connectivity index (χ1) is 10.4. The van der Waals surface area contributed by atoms with E-state index in [1.54, 1.807) is 0 Å². The lowest BCUT2D eigenvalue weighted by atomic mass is 10.1. The van der Waals surface area contributed by atoms with Crippen LogP contribution in [0.25, 0.3) is 0 Å². The Hall–Kier alpha value is -1.88. The van der Waals surface area contributed by atoms with Gasteiger partial charge in [-0.05, 0) is 26.3 Å². The van der Waals surface area contributed by atoms with Crippen LogP contribution in [0.5, 0.6) is 0 Å². The Bertz CT molecular complexity index is 510. The second kappa shape index (κ2) is 7.40. The fraction of sp³-hybridized carbons (Fsp3) is 0.529. The van der Waals surface area contributed by atoms with E-state index in [-0.39, 0.29) is 0 Å². The first kappa shape index (κ1) is 16.5. The Balaban J connectivity index is 1.75. The summed E-state index contributed by atoms with van der Waals surface area (Å²) in [7, 11) is 0. The number of rotatable bonds is 3. The van der Waals surface area contributed by atoms with Gasteiger partial charge in [-0.15, -0.1) is 0 Å². The number of hydrogen-bond acceptors (Lipinski definition) is 4. The van der Waals surface area contributed by atoms with Gasteiger partial charge in [0.2, 0.25) is 0 Å². The van der Waals surface area contributed by atoms with E-state index in [0.29, 0.717) is 0 Å². The van der Waals surface area contributed by atoms with Crippen LogP contribution in [-0.2, 0) is 11.3 Å². The van der Waals surface area contributed by atoms with Crippen molar-refractivity contribution >= 4 is 11.8 Å². The van der Waals surface area contributed by atoms with Crippen LogP contribution in [0.4, 0.5) is 4.79 Å². The summed E-state index contributed by atoms with van der Waals surface area (Å²) in [6.07, 6.45) is 1.26. The highest BCUT2D eigenvalue weighted by molar-refractivity contribution is 5.86. The molecule has 0 aliphatic carbocycles. The van der Waals surface area contributed by atoms with Gasteiger partial charge < -0.3 is 4.74 Å². The van der Waals surface area contributed by atoms with Crippen molar-refractivity contribution in [1.82, 2.24) is 10.3 Å². The molecule has 0 radical (unpaired) electrons. The van der Waals surface area contributed by atoms with E-state index in [1.165, 1.54) is 5.56 Å². The molecule has 0 saturated carbocycles. The van der Waals surface area contributed by atoms with E-state index >= 15 is 0 Å². The maximum atomic E-state index is 11.6. The van der Waals surface area contributed by atoms with Crippen molar-refractivity contribution in [3.8, 4) is 0 Å². The van der Waals surface area contributed by atoms with Crippen LogP contribution in [0, 0.1) is 0 Å². The van der Waals surface area contributed by atoms with Gasteiger partial charge in [-0.1, -0.05) is 30.3 Å². The number of piperidine rings is 1. The number of carbonyl (C=O) groups is 1. The molecule has 0 bridgehead atoms. The minimum Gasteiger partial charge on any atom is -0.443 e. The minimum absolute atomic E-state index is 0.494. The Kier molecular flexibility index (Phi) is 5.55. The van der Waals surface area contributed by atoms with Gasteiger partial charge in [0.15, 0.2) is 0 Å². The Morgan fingerprint density at radius 1 is 1.23 bits per heavy atom. The minimum atomic E-state index is -0.497. The van der Waals surface area contributed by atoms with Crippen LogP contribution in [0.3, 0.4) is 0 Å². The summed E-state index contributed by atoms with van der Waals surface area (Å²) in [4.78, 5) is 14.0. The highest BCUT2D eigenvalue weighted by atomic mass is 16.6. The van der Waals surface area contributed by atoms with E-state index in [2.05, 4.69) is 39.7 Å². The molecule has 1 aliphatic rings. The summed E-state index contributed by atoms with van der Waals surface area (Å²) in [6.45, 7) is 8.40. The van der Waals surface area contributed by atoms with Crippen molar-refractivity contribution < 1.29 is 9.53 Å². The molecule has 1 saturated heterocycles. The number of carbonyl (C=O) groups excluding carboxylic acids is 1. The third kappa shape index (κ3) is 5.85. The number of nitrogens with zero attached hydrogens (tertiary/aromatic N) is 2.